The highest BCUT2D eigenvalue weighted by atomic mass is 19.1. The Morgan fingerprint density at radius 1 is 1.20 bits per heavy atom. The number of carbonyl (C=O) groups is 1. The highest BCUT2D eigenvalue weighted by molar-refractivity contribution is 5.76. The zero-order chi connectivity index (χ0) is 21.3. The van der Waals surface area contributed by atoms with E-state index in [-0.39, 0.29) is 36.8 Å². The Labute approximate surface area is 172 Å². The molecule has 0 aliphatic carbocycles. The molecule has 0 atom stereocenters. The molecule has 1 amide bonds. The second-order valence-electron chi connectivity index (χ2n) is 6.48. The number of nitrogens with zero attached hydrogens (tertiary/aromatic N) is 2. The van der Waals surface area contributed by atoms with Crippen molar-refractivity contribution in [3.63, 3.8) is 0 Å². The van der Waals surface area contributed by atoms with Crippen LogP contribution < -0.4 is 15.6 Å². The molecular weight excluding hydrogens is 387 g/mol. The number of aromatic nitrogens is 3. The minimum atomic E-state index is -0.398. The number of nitrogens with one attached hydrogen (secondary N) is 2. The highest BCUT2D eigenvalue weighted by Crippen LogP contribution is 2.18. The van der Waals surface area contributed by atoms with Gasteiger partial charge in [-0.15, -0.1) is 10.2 Å². The number of ether oxygens (including phenoxy) is 1. The lowest BCUT2D eigenvalue weighted by Gasteiger charge is -2.06. The van der Waals surface area contributed by atoms with Gasteiger partial charge in [-0.3, -0.25) is 9.59 Å². The fraction of sp³-hybridized carbons (Fsp3) is 0.182. The maximum absolute atomic E-state index is 13.2. The van der Waals surface area contributed by atoms with Crippen LogP contribution in [0, 0.1) is 5.82 Å². The second-order valence-corrected chi connectivity index (χ2v) is 6.48. The zero-order valence-electron chi connectivity index (χ0n) is 16.2. The largest absolute Gasteiger partial charge is 0.490 e. The first-order valence-corrected chi connectivity index (χ1v) is 9.36. The van der Waals surface area contributed by atoms with Crippen molar-refractivity contribution >= 4 is 5.91 Å². The summed E-state index contributed by atoms with van der Waals surface area (Å²) < 4.78 is 18.6. The topological polar surface area (TPSA) is 97.0 Å². The van der Waals surface area contributed by atoms with Crippen LogP contribution >= 0.6 is 0 Å². The van der Waals surface area contributed by atoms with E-state index in [1.807, 2.05) is 0 Å². The highest BCUT2D eigenvalue weighted by Gasteiger charge is 2.10. The minimum Gasteiger partial charge on any atom is -0.490 e. The van der Waals surface area contributed by atoms with Crippen molar-refractivity contribution < 1.29 is 13.9 Å². The summed E-state index contributed by atoms with van der Waals surface area (Å²) in [5.74, 6) is 0.381. The predicted molar refractivity (Wildman–Crippen MR) is 110 cm³/mol. The molecule has 0 spiro atoms. The summed E-state index contributed by atoms with van der Waals surface area (Å²) in [4.78, 5) is 27.0. The standard InChI is InChI=1S/C22H21FN4O3/c1-2-12-30-18-8-6-16(7-9-18)21-25-22(29)19(26-27-21)10-11-20(28)24-14-15-4-3-5-17(23)13-15/h2-9,13H,1,10-12,14H2,(H,24,28)(H,25,27,29). The molecule has 0 fully saturated rings. The SMILES string of the molecule is C=CCOc1ccc(-c2nnc(CCC(=O)NCc3cccc(F)c3)c(=O)[nH]2)cc1. The van der Waals surface area contributed by atoms with Gasteiger partial charge in [0.2, 0.25) is 5.91 Å². The van der Waals surface area contributed by atoms with Gasteiger partial charge in [-0.1, -0.05) is 24.8 Å². The summed E-state index contributed by atoms with van der Waals surface area (Å²) in [7, 11) is 0. The van der Waals surface area contributed by atoms with Crippen LogP contribution in [0.2, 0.25) is 0 Å². The van der Waals surface area contributed by atoms with Crippen LogP contribution in [0.1, 0.15) is 17.7 Å². The first-order valence-electron chi connectivity index (χ1n) is 9.36. The molecule has 3 rings (SSSR count). The Balaban J connectivity index is 1.55. The molecule has 2 aromatic carbocycles. The average molecular weight is 408 g/mol. The van der Waals surface area contributed by atoms with Crippen molar-refractivity contribution in [2.45, 2.75) is 19.4 Å². The van der Waals surface area contributed by atoms with Crippen molar-refractivity contribution in [1.82, 2.24) is 20.5 Å². The third kappa shape index (κ3) is 5.84. The Morgan fingerprint density at radius 2 is 2.00 bits per heavy atom. The minimum absolute atomic E-state index is 0.0712. The Kier molecular flexibility index (Phi) is 7.05. The molecule has 0 aliphatic heterocycles. The monoisotopic (exact) mass is 408 g/mol. The first kappa shape index (κ1) is 20.9. The fourth-order valence-corrected chi connectivity index (χ4v) is 2.69. The summed E-state index contributed by atoms with van der Waals surface area (Å²) in [5.41, 5.74) is 1.12. The Morgan fingerprint density at radius 3 is 2.70 bits per heavy atom. The molecule has 8 heteroatoms. The van der Waals surface area contributed by atoms with Crippen molar-refractivity contribution in [3.05, 3.63) is 88.6 Å². The molecule has 0 radical (unpaired) electrons. The lowest BCUT2D eigenvalue weighted by atomic mass is 10.2. The molecule has 0 bridgehead atoms. The van der Waals surface area contributed by atoms with Gasteiger partial charge in [0, 0.05) is 24.9 Å². The summed E-state index contributed by atoms with van der Waals surface area (Å²) in [5, 5.41) is 10.7. The van der Waals surface area contributed by atoms with Crippen molar-refractivity contribution in [3.8, 4) is 17.1 Å². The number of aromatic amines is 1. The molecule has 1 heterocycles. The van der Waals surface area contributed by atoms with Gasteiger partial charge in [0.15, 0.2) is 5.82 Å². The maximum atomic E-state index is 13.2. The molecular formula is C22H21FN4O3. The van der Waals surface area contributed by atoms with Gasteiger partial charge in [0.1, 0.15) is 23.9 Å². The number of rotatable bonds is 9. The van der Waals surface area contributed by atoms with E-state index in [9.17, 15) is 14.0 Å². The summed E-state index contributed by atoms with van der Waals surface area (Å²) in [6.07, 6.45) is 1.87. The number of H-pyrrole nitrogens is 1. The third-order valence-electron chi connectivity index (χ3n) is 4.23. The quantitative estimate of drug-likeness (QED) is 0.531. The normalized spacial score (nSPS) is 10.4. The van der Waals surface area contributed by atoms with E-state index >= 15 is 0 Å². The van der Waals surface area contributed by atoms with Crippen LogP contribution in [0.5, 0.6) is 5.75 Å². The van der Waals surface area contributed by atoms with E-state index in [0.29, 0.717) is 29.3 Å². The van der Waals surface area contributed by atoms with E-state index in [1.165, 1.54) is 12.1 Å². The molecule has 0 saturated carbocycles. The lowest BCUT2D eigenvalue weighted by Crippen LogP contribution is -2.25. The van der Waals surface area contributed by atoms with Crippen LogP contribution in [0.15, 0.2) is 66.0 Å². The number of aryl methyl sites for hydroxylation is 1. The molecule has 0 aliphatic rings. The fourth-order valence-electron chi connectivity index (χ4n) is 2.69. The molecule has 7 nitrogen and oxygen atoms in total. The number of carbonyl (C=O) groups excluding carboxylic acids is 1. The van der Waals surface area contributed by atoms with E-state index in [1.54, 1.807) is 42.5 Å². The Hall–Kier alpha value is -3.81. The van der Waals surface area contributed by atoms with Gasteiger partial charge in [-0.2, -0.15) is 0 Å². The molecule has 0 saturated heterocycles. The van der Waals surface area contributed by atoms with E-state index in [4.69, 9.17) is 4.74 Å². The number of hydrogen-bond acceptors (Lipinski definition) is 5. The Bertz CT molecular complexity index is 1080. The van der Waals surface area contributed by atoms with E-state index < -0.39 is 5.56 Å². The van der Waals surface area contributed by atoms with Crippen LogP contribution in [-0.4, -0.2) is 27.7 Å². The number of hydrogen-bond donors (Lipinski definition) is 2. The molecule has 3 aromatic rings. The van der Waals surface area contributed by atoms with Crippen molar-refractivity contribution in [2.24, 2.45) is 0 Å². The van der Waals surface area contributed by atoms with Crippen LogP contribution in [0.4, 0.5) is 4.39 Å². The van der Waals surface area contributed by atoms with Crippen LogP contribution in [0.25, 0.3) is 11.4 Å². The van der Waals surface area contributed by atoms with Crippen LogP contribution in [0.3, 0.4) is 0 Å². The van der Waals surface area contributed by atoms with Gasteiger partial charge in [0.25, 0.3) is 5.56 Å². The lowest BCUT2D eigenvalue weighted by molar-refractivity contribution is -0.121. The van der Waals surface area contributed by atoms with Gasteiger partial charge in [-0.05, 0) is 42.0 Å². The van der Waals surface area contributed by atoms with Crippen molar-refractivity contribution in [2.75, 3.05) is 6.61 Å². The third-order valence-corrected chi connectivity index (χ3v) is 4.23. The van der Waals surface area contributed by atoms with Crippen molar-refractivity contribution in [1.29, 1.82) is 0 Å². The molecule has 154 valence electrons. The second kappa shape index (κ2) is 10.1. The average Bonchev–Trinajstić information content (AvgIpc) is 2.76. The molecule has 1 aromatic heterocycles. The smallest absolute Gasteiger partial charge is 0.273 e. The van der Waals surface area contributed by atoms with Crippen LogP contribution in [-0.2, 0) is 17.8 Å². The van der Waals surface area contributed by atoms with Gasteiger partial charge in [-0.25, -0.2) is 4.39 Å². The zero-order valence-corrected chi connectivity index (χ0v) is 16.2. The summed E-state index contributed by atoms with van der Waals surface area (Å²) in [6, 6.07) is 13.0. The van der Waals surface area contributed by atoms with E-state index in [2.05, 4.69) is 27.1 Å². The van der Waals surface area contributed by atoms with Gasteiger partial charge >= 0.3 is 0 Å². The summed E-state index contributed by atoms with van der Waals surface area (Å²) >= 11 is 0. The number of amides is 1. The van der Waals surface area contributed by atoms with Gasteiger partial charge < -0.3 is 15.0 Å². The molecule has 2 N–H and O–H groups in total. The number of benzene rings is 2. The maximum Gasteiger partial charge on any atom is 0.273 e. The number of halogens is 1. The van der Waals surface area contributed by atoms with E-state index in [0.717, 1.165) is 0 Å². The molecule has 0 unspecified atom stereocenters. The predicted octanol–water partition coefficient (Wildman–Crippen LogP) is 2.78. The van der Waals surface area contributed by atoms with Gasteiger partial charge in [0.05, 0.1) is 0 Å². The summed E-state index contributed by atoms with van der Waals surface area (Å²) in [6.45, 7) is 4.21. The molecule has 30 heavy (non-hydrogen) atoms. The first-order chi connectivity index (χ1) is 14.5.